The number of amides is 2. The molecule has 3 N–H and O–H groups in total. The van der Waals surface area contributed by atoms with Gasteiger partial charge in [0.25, 0.3) is 5.91 Å². The summed E-state index contributed by atoms with van der Waals surface area (Å²) in [4.78, 5) is 31.0. The third kappa shape index (κ3) is 5.33. The average Bonchev–Trinajstić information content (AvgIpc) is 2.37. The van der Waals surface area contributed by atoms with Gasteiger partial charge in [0.1, 0.15) is 11.5 Å². The third-order valence-electron chi connectivity index (χ3n) is 2.23. The Bertz CT molecular complexity index is 430. The van der Waals surface area contributed by atoms with Crippen LogP contribution >= 0.6 is 0 Å². The van der Waals surface area contributed by atoms with Gasteiger partial charge in [-0.15, -0.1) is 0 Å². The first-order chi connectivity index (χ1) is 9.02. The van der Waals surface area contributed by atoms with E-state index in [1.54, 1.807) is 7.05 Å². The van der Waals surface area contributed by atoms with Crippen LogP contribution in [0.5, 0.6) is 0 Å². The second kappa shape index (κ2) is 7.30. The molecule has 0 saturated carbocycles. The van der Waals surface area contributed by atoms with Crippen molar-refractivity contribution >= 4 is 17.6 Å². The fourth-order valence-corrected chi connectivity index (χ4v) is 1.35. The molecule has 0 bridgehead atoms. The lowest BCUT2D eigenvalue weighted by molar-refractivity contribution is -0.121. The monoisotopic (exact) mass is 265 g/mol. The van der Waals surface area contributed by atoms with Gasteiger partial charge in [-0.3, -0.25) is 9.59 Å². The summed E-state index contributed by atoms with van der Waals surface area (Å²) in [6.07, 6.45) is 3.10. The number of hydrogen-bond acceptors (Lipinski definition) is 5. The van der Waals surface area contributed by atoms with Crippen molar-refractivity contribution in [3.8, 4) is 0 Å². The van der Waals surface area contributed by atoms with Crippen molar-refractivity contribution in [2.75, 3.05) is 18.9 Å². The number of nitrogens with zero attached hydrogens (tertiary/aromatic N) is 2. The van der Waals surface area contributed by atoms with Crippen LogP contribution in [0.4, 0.5) is 5.82 Å². The van der Waals surface area contributed by atoms with Gasteiger partial charge in [-0.25, -0.2) is 9.97 Å². The molecule has 0 radical (unpaired) electrons. The summed E-state index contributed by atoms with van der Waals surface area (Å²) < 4.78 is 0. The molecule has 0 atom stereocenters. The Balaban J connectivity index is 2.36. The normalized spacial score (nSPS) is 10.1. The van der Waals surface area contributed by atoms with E-state index in [0.29, 0.717) is 5.82 Å². The maximum atomic E-state index is 11.7. The van der Waals surface area contributed by atoms with Crippen molar-refractivity contribution in [1.29, 1.82) is 0 Å². The molecule has 104 valence electrons. The van der Waals surface area contributed by atoms with Crippen molar-refractivity contribution in [2.24, 2.45) is 0 Å². The Morgan fingerprint density at radius 2 is 2.00 bits per heavy atom. The molecule has 19 heavy (non-hydrogen) atoms. The van der Waals surface area contributed by atoms with Gasteiger partial charge in [0, 0.05) is 26.1 Å². The Labute approximate surface area is 112 Å². The van der Waals surface area contributed by atoms with E-state index < -0.39 is 0 Å². The second-order valence-electron chi connectivity index (χ2n) is 4.26. The van der Waals surface area contributed by atoms with E-state index in [9.17, 15) is 9.59 Å². The SMILES string of the molecule is CNc1cnc(C(=O)NCCC(=O)NC(C)C)cn1. The van der Waals surface area contributed by atoms with Gasteiger partial charge >= 0.3 is 0 Å². The zero-order chi connectivity index (χ0) is 14.3. The molecule has 1 heterocycles. The summed E-state index contributed by atoms with van der Waals surface area (Å²) in [6.45, 7) is 4.04. The molecule has 2 amide bonds. The van der Waals surface area contributed by atoms with E-state index in [4.69, 9.17) is 0 Å². The van der Waals surface area contributed by atoms with Crippen molar-refractivity contribution < 1.29 is 9.59 Å². The first-order valence-electron chi connectivity index (χ1n) is 6.10. The summed E-state index contributed by atoms with van der Waals surface area (Å²) >= 11 is 0. The number of aromatic nitrogens is 2. The molecule has 7 nitrogen and oxygen atoms in total. The van der Waals surface area contributed by atoms with E-state index in [-0.39, 0.29) is 36.5 Å². The van der Waals surface area contributed by atoms with Gasteiger partial charge in [-0.05, 0) is 13.8 Å². The molecule has 7 heteroatoms. The number of carbonyl (C=O) groups excluding carboxylic acids is 2. The Morgan fingerprint density at radius 3 is 2.53 bits per heavy atom. The Hall–Kier alpha value is -2.18. The van der Waals surface area contributed by atoms with Crippen LogP contribution < -0.4 is 16.0 Å². The quantitative estimate of drug-likeness (QED) is 0.681. The summed E-state index contributed by atoms with van der Waals surface area (Å²) in [7, 11) is 1.72. The van der Waals surface area contributed by atoms with Crippen LogP contribution in [0.3, 0.4) is 0 Å². The fraction of sp³-hybridized carbons (Fsp3) is 0.500. The lowest BCUT2D eigenvalue weighted by Crippen LogP contribution is -2.34. The summed E-state index contributed by atoms with van der Waals surface area (Å²) in [5.41, 5.74) is 0.225. The highest BCUT2D eigenvalue weighted by Gasteiger charge is 2.08. The van der Waals surface area contributed by atoms with Crippen molar-refractivity contribution in [3.05, 3.63) is 18.1 Å². The smallest absolute Gasteiger partial charge is 0.271 e. The zero-order valence-corrected chi connectivity index (χ0v) is 11.4. The molecule has 1 aromatic rings. The zero-order valence-electron chi connectivity index (χ0n) is 11.4. The highest BCUT2D eigenvalue weighted by molar-refractivity contribution is 5.92. The van der Waals surface area contributed by atoms with Crippen LogP contribution in [-0.2, 0) is 4.79 Å². The van der Waals surface area contributed by atoms with Crippen LogP contribution in [0, 0.1) is 0 Å². The standard InChI is InChI=1S/C12H19N5O2/c1-8(2)17-11(18)4-5-14-12(19)9-6-16-10(13-3)7-15-9/h6-8H,4-5H2,1-3H3,(H,13,16)(H,14,19)(H,17,18). The van der Waals surface area contributed by atoms with Crippen LogP contribution in [0.2, 0.25) is 0 Å². The molecule has 0 fully saturated rings. The summed E-state index contributed by atoms with van der Waals surface area (Å²) in [6, 6.07) is 0.100. The first-order valence-corrected chi connectivity index (χ1v) is 6.10. The lowest BCUT2D eigenvalue weighted by atomic mass is 10.3. The van der Waals surface area contributed by atoms with Crippen molar-refractivity contribution in [3.63, 3.8) is 0 Å². The second-order valence-corrected chi connectivity index (χ2v) is 4.26. The highest BCUT2D eigenvalue weighted by Crippen LogP contribution is 1.99. The van der Waals surface area contributed by atoms with Gasteiger partial charge < -0.3 is 16.0 Å². The van der Waals surface area contributed by atoms with Gasteiger partial charge in [0.2, 0.25) is 5.91 Å². The predicted molar refractivity (Wildman–Crippen MR) is 71.8 cm³/mol. The molecule has 1 aromatic heterocycles. The minimum absolute atomic E-state index is 0.0908. The number of anilines is 1. The van der Waals surface area contributed by atoms with Gasteiger partial charge in [-0.2, -0.15) is 0 Å². The number of nitrogens with one attached hydrogen (secondary N) is 3. The van der Waals surface area contributed by atoms with Crippen LogP contribution in [0.1, 0.15) is 30.8 Å². The molecule has 0 aliphatic heterocycles. The molecule has 0 aliphatic rings. The molecule has 0 spiro atoms. The highest BCUT2D eigenvalue weighted by atomic mass is 16.2. The summed E-state index contributed by atoms with van der Waals surface area (Å²) in [5.74, 6) is 0.160. The molecule has 0 saturated heterocycles. The Morgan fingerprint density at radius 1 is 1.26 bits per heavy atom. The fourth-order valence-electron chi connectivity index (χ4n) is 1.35. The van der Waals surface area contributed by atoms with Gasteiger partial charge in [0.05, 0.1) is 12.4 Å². The van der Waals surface area contributed by atoms with Gasteiger partial charge in [0.15, 0.2) is 0 Å². The molecule has 0 aromatic carbocycles. The van der Waals surface area contributed by atoms with Crippen LogP contribution in [0.25, 0.3) is 0 Å². The number of carbonyl (C=O) groups is 2. The maximum absolute atomic E-state index is 11.7. The van der Waals surface area contributed by atoms with Gasteiger partial charge in [-0.1, -0.05) is 0 Å². The van der Waals surface area contributed by atoms with E-state index in [1.165, 1.54) is 12.4 Å². The van der Waals surface area contributed by atoms with E-state index in [2.05, 4.69) is 25.9 Å². The Kier molecular flexibility index (Phi) is 5.72. The summed E-state index contributed by atoms with van der Waals surface area (Å²) in [5, 5.41) is 8.17. The number of hydrogen-bond donors (Lipinski definition) is 3. The topological polar surface area (TPSA) is 96.0 Å². The molecule has 1 rings (SSSR count). The predicted octanol–water partition coefficient (Wildman–Crippen LogP) is 0.163. The first kappa shape index (κ1) is 14.9. The van der Waals surface area contributed by atoms with E-state index in [0.717, 1.165) is 0 Å². The van der Waals surface area contributed by atoms with E-state index >= 15 is 0 Å². The molecule has 0 aliphatic carbocycles. The minimum atomic E-state index is -0.340. The largest absolute Gasteiger partial charge is 0.372 e. The number of rotatable bonds is 6. The third-order valence-corrected chi connectivity index (χ3v) is 2.23. The van der Waals surface area contributed by atoms with Crippen LogP contribution in [-0.4, -0.2) is 41.4 Å². The maximum Gasteiger partial charge on any atom is 0.271 e. The lowest BCUT2D eigenvalue weighted by Gasteiger charge is -2.08. The van der Waals surface area contributed by atoms with Crippen LogP contribution in [0.15, 0.2) is 12.4 Å². The minimum Gasteiger partial charge on any atom is -0.372 e. The van der Waals surface area contributed by atoms with Crippen molar-refractivity contribution in [1.82, 2.24) is 20.6 Å². The molecular weight excluding hydrogens is 246 g/mol. The molecule has 0 unspecified atom stereocenters. The van der Waals surface area contributed by atoms with E-state index in [1.807, 2.05) is 13.8 Å². The van der Waals surface area contributed by atoms with Crippen molar-refractivity contribution in [2.45, 2.75) is 26.3 Å². The average molecular weight is 265 g/mol. The molecular formula is C12H19N5O2.